The van der Waals surface area contributed by atoms with E-state index in [-0.39, 0.29) is 11.3 Å². The van der Waals surface area contributed by atoms with Gasteiger partial charge in [-0.3, -0.25) is 4.72 Å². The van der Waals surface area contributed by atoms with E-state index in [1.165, 1.54) is 29.5 Å². The van der Waals surface area contributed by atoms with Crippen LogP contribution >= 0.6 is 11.8 Å². The Labute approximate surface area is 138 Å². The summed E-state index contributed by atoms with van der Waals surface area (Å²) in [5.74, 6) is -0.438. The van der Waals surface area contributed by atoms with Gasteiger partial charge in [-0.1, -0.05) is 30.3 Å². The second-order valence-electron chi connectivity index (χ2n) is 4.74. The number of carboxylic acid groups (broad SMARTS) is 1. The molecule has 0 fully saturated rings. The maximum Gasteiger partial charge on any atom is 0.337 e. The summed E-state index contributed by atoms with van der Waals surface area (Å²) in [5, 5.41) is 14.1. The number of aryl methyl sites for hydroxylation is 1. The first-order valence-electron chi connectivity index (χ1n) is 6.70. The van der Waals surface area contributed by atoms with E-state index in [9.17, 15) is 18.3 Å². The van der Waals surface area contributed by atoms with E-state index in [4.69, 9.17) is 5.14 Å². The van der Waals surface area contributed by atoms with Crippen LogP contribution in [0.4, 0.5) is 5.69 Å². The number of nitrogens with two attached hydrogens (primary N) is 1. The van der Waals surface area contributed by atoms with E-state index in [1.54, 1.807) is 6.07 Å². The van der Waals surface area contributed by atoms with Crippen molar-refractivity contribution in [2.45, 2.75) is 11.3 Å². The molecule has 6 nitrogen and oxygen atoms in total. The van der Waals surface area contributed by atoms with E-state index < -0.39 is 16.2 Å². The van der Waals surface area contributed by atoms with E-state index in [0.717, 1.165) is 17.1 Å². The molecular weight excluding hydrogens is 336 g/mol. The van der Waals surface area contributed by atoms with Gasteiger partial charge < -0.3 is 5.11 Å². The third kappa shape index (κ3) is 5.59. The van der Waals surface area contributed by atoms with Gasteiger partial charge in [0.25, 0.3) is 10.2 Å². The number of carboxylic acids is 1. The average Bonchev–Trinajstić information content (AvgIpc) is 2.48. The first-order chi connectivity index (χ1) is 10.8. The lowest BCUT2D eigenvalue weighted by Gasteiger charge is -2.09. The van der Waals surface area contributed by atoms with Crippen LogP contribution in [0, 0.1) is 0 Å². The van der Waals surface area contributed by atoms with Crippen molar-refractivity contribution in [1.82, 2.24) is 0 Å². The molecule has 23 heavy (non-hydrogen) atoms. The van der Waals surface area contributed by atoms with Gasteiger partial charge in [0.1, 0.15) is 0 Å². The molecule has 122 valence electrons. The van der Waals surface area contributed by atoms with Gasteiger partial charge in [0.2, 0.25) is 0 Å². The number of hydrogen-bond acceptors (Lipinski definition) is 4. The summed E-state index contributed by atoms with van der Waals surface area (Å²) in [5.41, 5.74) is 1.02. The van der Waals surface area contributed by atoms with Gasteiger partial charge in [-0.25, -0.2) is 9.93 Å². The van der Waals surface area contributed by atoms with Crippen molar-refractivity contribution in [3.63, 3.8) is 0 Å². The van der Waals surface area contributed by atoms with E-state index >= 15 is 0 Å². The lowest BCUT2D eigenvalue weighted by atomic mass is 10.2. The SMILES string of the molecule is NS(=O)(=O)Nc1ccc(SCCc2ccccc2)cc1C(=O)O. The van der Waals surface area contributed by atoms with E-state index in [0.29, 0.717) is 0 Å². The molecule has 0 saturated heterocycles. The lowest BCUT2D eigenvalue weighted by Crippen LogP contribution is -2.23. The Morgan fingerprint density at radius 1 is 1.17 bits per heavy atom. The van der Waals surface area contributed by atoms with Gasteiger partial charge in [-0.2, -0.15) is 8.42 Å². The fourth-order valence-corrected chi connectivity index (χ4v) is 3.39. The van der Waals surface area contributed by atoms with Crippen LogP contribution < -0.4 is 9.86 Å². The molecule has 0 unspecified atom stereocenters. The maximum atomic E-state index is 11.3. The van der Waals surface area contributed by atoms with Gasteiger partial charge in [-0.05, 0) is 30.2 Å². The molecular formula is C15H16N2O4S2. The Kier molecular flexibility index (Phi) is 5.64. The van der Waals surface area contributed by atoms with Crippen LogP contribution in [0.15, 0.2) is 53.4 Å². The number of aromatic carboxylic acids is 1. The molecule has 4 N–H and O–H groups in total. The molecule has 0 aromatic heterocycles. The highest BCUT2D eigenvalue weighted by Crippen LogP contribution is 2.25. The van der Waals surface area contributed by atoms with Crippen LogP contribution in [0.25, 0.3) is 0 Å². The third-order valence-corrected chi connectivity index (χ3v) is 4.48. The van der Waals surface area contributed by atoms with Crippen molar-refractivity contribution in [1.29, 1.82) is 0 Å². The topological polar surface area (TPSA) is 109 Å². The molecule has 0 amide bonds. The van der Waals surface area contributed by atoms with Gasteiger partial charge in [-0.15, -0.1) is 11.8 Å². The Morgan fingerprint density at radius 3 is 2.48 bits per heavy atom. The highest BCUT2D eigenvalue weighted by atomic mass is 32.2. The molecule has 0 aliphatic heterocycles. The summed E-state index contributed by atoms with van der Waals surface area (Å²) in [7, 11) is -4.02. The monoisotopic (exact) mass is 352 g/mol. The molecule has 0 aliphatic rings. The van der Waals surface area contributed by atoms with Crippen molar-refractivity contribution in [2.75, 3.05) is 10.5 Å². The molecule has 2 aromatic carbocycles. The predicted molar refractivity (Wildman–Crippen MR) is 91.0 cm³/mol. The van der Waals surface area contributed by atoms with Crippen LogP contribution in [0.2, 0.25) is 0 Å². The number of benzene rings is 2. The van der Waals surface area contributed by atoms with Crippen molar-refractivity contribution >= 4 is 33.6 Å². The third-order valence-electron chi connectivity index (χ3n) is 2.98. The largest absolute Gasteiger partial charge is 0.478 e. The van der Waals surface area contributed by atoms with Crippen LogP contribution in [-0.2, 0) is 16.6 Å². The minimum atomic E-state index is -4.02. The Balaban J connectivity index is 2.08. The molecule has 0 heterocycles. The summed E-state index contributed by atoms with van der Waals surface area (Å²) in [6.45, 7) is 0. The van der Waals surface area contributed by atoms with Crippen molar-refractivity contribution in [3.05, 3.63) is 59.7 Å². The van der Waals surface area contributed by atoms with Gasteiger partial charge in [0, 0.05) is 10.6 Å². The molecule has 0 radical (unpaired) electrons. The fourth-order valence-electron chi connectivity index (χ4n) is 1.96. The molecule has 8 heteroatoms. The molecule has 0 bridgehead atoms. The first kappa shape index (κ1) is 17.3. The quantitative estimate of drug-likeness (QED) is 0.663. The second kappa shape index (κ2) is 7.49. The zero-order chi connectivity index (χ0) is 16.9. The average molecular weight is 352 g/mol. The molecule has 0 aliphatic carbocycles. The van der Waals surface area contributed by atoms with E-state index in [2.05, 4.69) is 0 Å². The summed E-state index contributed by atoms with van der Waals surface area (Å²) in [4.78, 5) is 12.0. The summed E-state index contributed by atoms with van der Waals surface area (Å²) in [6, 6.07) is 14.4. The molecule has 0 atom stereocenters. The highest BCUT2D eigenvalue weighted by molar-refractivity contribution is 7.99. The number of nitrogens with one attached hydrogen (secondary N) is 1. The number of hydrogen-bond donors (Lipinski definition) is 3. The van der Waals surface area contributed by atoms with Crippen molar-refractivity contribution < 1.29 is 18.3 Å². The zero-order valence-corrected chi connectivity index (χ0v) is 13.7. The molecule has 0 spiro atoms. The number of thioether (sulfide) groups is 1. The number of anilines is 1. The molecule has 0 saturated carbocycles. The fraction of sp³-hybridized carbons (Fsp3) is 0.133. The van der Waals surface area contributed by atoms with E-state index in [1.807, 2.05) is 35.1 Å². The smallest absolute Gasteiger partial charge is 0.337 e. The molecule has 2 rings (SSSR count). The standard InChI is InChI=1S/C15H16N2O4S2/c16-23(20,21)17-14-7-6-12(10-13(14)15(18)19)22-9-8-11-4-2-1-3-5-11/h1-7,10,17H,8-9H2,(H,18,19)(H2,16,20,21). The summed E-state index contributed by atoms with van der Waals surface area (Å²) >= 11 is 1.50. The highest BCUT2D eigenvalue weighted by Gasteiger charge is 2.14. The first-order valence-corrected chi connectivity index (χ1v) is 9.23. The predicted octanol–water partition coefficient (Wildman–Crippen LogP) is 2.33. The zero-order valence-electron chi connectivity index (χ0n) is 12.1. The maximum absolute atomic E-state index is 11.3. The van der Waals surface area contributed by atoms with Crippen LogP contribution in [0.1, 0.15) is 15.9 Å². The lowest BCUT2D eigenvalue weighted by molar-refractivity contribution is 0.0698. The van der Waals surface area contributed by atoms with Crippen LogP contribution in [-0.4, -0.2) is 25.2 Å². The Morgan fingerprint density at radius 2 is 1.87 bits per heavy atom. The normalized spacial score (nSPS) is 11.2. The van der Waals surface area contributed by atoms with Crippen molar-refractivity contribution in [2.24, 2.45) is 5.14 Å². The number of carbonyl (C=O) groups is 1. The van der Waals surface area contributed by atoms with Gasteiger partial charge in [0.05, 0.1) is 11.3 Å². The Bertz CT molecular complexity index is 792. The van der Waals surface area contributed by atoms with Gasteiger partial charge >= 0.3 is 5.97 Å². The summed E-state index contributed by atoms with van der Waals surface area (Å²) < 4.78 is 24.1. The van der Waals surface area contributed by atoms with Crippen LogP contribution in [0.3, 0.4) is 0 Å². The van der Waals surface area contributed by atoms with Gasteiger partial charge in [0.15, 0.2) is 0 Å². The Hall–Kier alpha value is -2.03. The molecule has 2 aromatic rings. The van der Waals surface area contributed by atoms with Crippen LogP contribution in [0.5, 0.6) is 0 Å². The second-order valence-corrected chi connectivity index (χ2v) is 7.21. The summed E-state index contributed by atoms with van der Waals surface area (Å²) in [6.07, 6.45) is 0.852. The van der Waals surface area contributed by atoms with Crippen molar-refractivity contribution in [3.8, 4) is 0 Å². The minimum absolute atomic E-state index is 0.0487. The minimum Gasteiger partial charge on any atom is -0.478 e. The number of rotatable bonds is 7.